The zero-order valence-electron chi connectivity index (χ0n) is 15.3. The van der Waals surface area contributed by atoms with Gasteiger partial charge in [-0.25, -0.2) is 18.7 Å². The molecule has 0 saturated heterocycles. The first-order valence-electron chi connectivity index (χ1n) is 8.79. The first kappa shape index (κ1) is 19.7. The molecular formula is C20H10F2N4O2S3. The average molecular weight is 473 g/mol. The van der Waals surface area contributed by atoms with E-state index < -0.39 is 11.8 Å². The summed E-state index contributed by atoms with van der Waals surface area (Å²) in [6.45, 7) is 0. The number of amides is 2. The Hall–Kier alpha value is -3.28. The molecule has 0 radical (unpaired) electrons. The van der Waals surface area contributed by atoms with Crippen LogP contribution in [0.15, 0.2) is 48.5 Å². The highest BCUT2D eigenvalue weighted by Gasteiger charge is 2.17. The van der Waals surface area contributed by atoms with E-state index in [9.17, 15) is 18.4 Å². The van der Waals surface area contributed by atoms with Crippen LogP contribution in [0.5, 0.6) is 0 Å². The lowest BCUT2D eigenvalue weighted by molar-refractivity contribution is 0.102. The van der Waals surface area contributed by atoms with Crippen LogP contribution >= 0.6 is 34.0 Å². The number of nitrogens with one attached hydrogen (secondary N) is 2. The number of benzene rings is 2. The number of hydrogen-bond donors (Lipinski definition) is 2. The van der Waals surface area contributed by atoms with Crippen molar-refractivity contribution in [2.24, 2.45) is 0 Å². The molecule has 31 heavy (non-hydrogen) atoms. The Kier molecular flexibility index (Phi) is 4.93. The largest absolute Gasteiger partial charge is 0.297 e. The Labute approximate surface area is 185 Å². The van der Waals surface area contributed by atoms with Crippen molar-refractivity contribution in [3.63, 3.8) is 0 Å². The monoisotopic (exact) mass is 472 g/mol. The van der Waals surface area contributed by atoms with Crippen LogP contribution in [0.3, 0.4) is 0 Å². The molecule has 2 amide bonds. The van der Waals surface area contributed by atoms with E-state index >= 15 is 0 Å². The summed E-state index contributed by atoms with van der Waals surface area (Å²) in [5.41, 5.74) is 1.17. The number of fused-ring (bicyclic) bond motifs is 2. The molecule has 0 aliphatic rings. The minimum absolute atomic E-state index is 0.321. The number of carbonyl (C=O) groups is 2. The third-order valence-corrected chi connectivity index (χ3v) is 7.15. The van der Waals surface area contributed by atoms with Crippen molar-refractivity contribution in [3.8, 4) is 0 Å². The maximum atomic E-state index is 13.3. The summed E-state index contributed by atoms with van der Waals surface area (Å²) < 4.78 is 27.9. The van der Waals surface area contributed by atoms with Crippen LogP contribution in [-0.4, -0.2) is 21.8 Å². The van der Waals surface area contributed by atoms with E-state index in [-0.39, 0.29) is 11.6 Å². The van der Waals surface area contributed by atoms with Gasteiger partial charge in [0.25, 0.3) is 11.8 Å². The van der Waals surface area contributed by atoms with Crippen molar-refractivity contribution >= 4 is 76.5 Å². The van der Waals surface area contributed by atoms with Crippen molar-refractivity contribution in [1.82, 2.24) is 9.97 Å². The summed E-state index contributed by atoms with van der Waals surface area (Å²) in [5.74, 6) is -1.58. The van der Waals surface area contributed by atoms with Crippen LogP contribution in [0.4, 0.5) is 19.0 Å². The fraction of sp³-hybridized carbons (Fsp3) is 0. The molecule has 3 aromatic heterocycles. The third-order valence-electron chi connectivity index (χ3n) is 4.20. The Balaban J connectivity index is 1.29. The minimum atomic E-state index is -0.418. The normalized spacial score (nSPS) is 11.2. The van der Waals surface area contributed by atoms with Gasteiger partial charge in [-0.1, -0.05) is 22.7 Å². The molecule has 0 spiro atoms. The summed E-state index contributed by atoms with van der Waals surface area (Å²) >= 11 is 3.34. The van der Waals surface area contributed by atoms with Gasteiger partial charge in [-0.2, -0.15) is 0 Å². The molecule has 0 bridgehead atoms. The van der Waals surface area contributed by atoms with Crippen LogP contribution in [0.1, 0.15) is 19.3 Å². The molecule has 2 aromatic carbocycles. The SMILES string of the molecule is O=C(Nc1nc2ccc(F)cc2s1)c1ccc(C(=O)Nc2nc3ccc(F)cc3s2)s1. The van der Waals surface area contributed by atoms with Gasteiger partial charge in [0.2, 0.25) is 0 Å². The maximum Gasteiger partial charge on any atom is 0.267 e. The van der Waals surface area contributed by atoms with Crippen molar-refractivity contribution in [3.05, 3.63) is 69.9 Å². The molecule has 0 aliphatic carbocycles. The first-order chi connectivity index (χ1) is 14.9. The number of nitrogens with zero attached hydrogens (tertiary/aromatic N) is 2. The highest BCUT2D eigenvalue weighted by Crippen LogP contribution is 2.29. The second-order valence-corrected chi connectivity index (χ2v) is 9.48. The molecule has 11 heteroatoms. The van der Waals surface area contributed by atoms with Crippen LogP contribution < -0.4 is 10.6 Å². The summed E-state index contributed by atoms with van der Waals surface area (Å²) in [5, 5.41) is 6.02. The number of thiazole rings is 2. The van der Waals surface area contributed by atoms with E-state index in [0.29, 0.717) is 40.5 Å². The Bertz CT molecular complexity index is 1370. The lowest BCUT2D eigenvalue weighted by Gasteiger charge is -1.99. The van der Waals surface area contributed by atoms with Gasteiger partial charge in [0.05, 0.1) is 30.2 Å². The van der Waals surface area contributed by atoms with Crippen molar-refractivity contribution < 1.29 is 18.4 Å². The Morgan fingerprint density at radius 2 is 1.13 bits per heavy atom. The molecule has 0 aliphatic heterocycles. The summed E-state index contributed by atoms with van der Waals surface area (Å²) in [4.78, 5) is 34.2. The van der Waals surface area contributed by atoms with Crippen molar-refractivity contribution in [2.75, 3.05) is 10.6 Å². The number of thiophene rings is 1. The summed E-state index contributed by atoms with van der Waals surface area (Å²) in [6, 6.07) is 11.5. The predicted molar refractivity (Wildman–Crippen MR) is 119 cm³/mol. The Morgan fingerprint density at radius 1 is 0.677 bits per heavy atom. The molecular weight excluding hydrogens is 462 g/mol. The molecule has 0 unspecified atom stereocenters. The predicted octanol–water partition coefficient (Wildman–Crippen LogP) is 5.75. The van der Waals surface area contributed by atoms with Gasteiger partial charge in [0, 0.05) is 0 Å². The maximum absolute atomic E-state index is 13.3. The zero-order chi connectivity index (χ0) is 21.5. The number of carbonyl (C=O) groups excluding carboxylic acids is 2. The van der Waals surface area contributed by atoms with E-state index in [1.807, 2.05) is 0 Å². The first-order valence-corrected chi connectivity index (χ1v) is 11.2. The van der Waals surface area contributed by atoms with Gasteiger partial charge in [0.15, 0.2) is 10.3 Å². The molecule has 2 N–H and O–H groups in total. The van der Waals surface area contributed by atoms with E-state index in [1.54, 1.807) is 12.1 Å². The second kappa shape index (κ2) is 7.76. The topological polar surface area (TPSA) is 84.0 Å². The van der Waals surface area contributed by atoms with Gasteiger partial charge in [-0.05, 0) is 48.5 Å². The zero-order valence-corrected chi connectivity index (χ0v) is 17.8. The van der Waals surface area contributed by atoms with E-state index in [4.69, 9.17) is 0 Å². The lowest BCUT2D eigenvalue weighted by atomic mass is 10.3. The molecule has 0 saturated carbocycles. The molecule has 5 aromatic rings. The molecule has 0 fully saturated rings. The van der Waals surface area contributed by atoms with Gasteiger partial charge < -0.3 is 0 Å². The number of hydrogen-bond acceptors (Lipinski definition) is 7. The quantitative estimate of drug-likeness (QED) is 0.349. The van der Waals surface area contributed by atoms with Gasteiger partial charge >= 0.3 is 0 Å². The van der Waals surface area contributed by atoms with Crippen molar-refractivity contribution in [2.45, 2.75) is 0 Å². The highest BCUT2D eigenvalue weighted by molar-refractivity contribution is 7.23. The molecule has 154 valence electrons. The average Bonchev–Trinajstić information content (AvgIpc) is 3.44. The highest BCUT2D eigenvalue weighted by atomic mass is 32.1. The number of anilines is 2. The lowest BCUT2D eigenvalue weighted by Crippen LogP contribution is -2.10. The molecule has 5 rings (SSSR count). The van der Waals surface area contributed by atoms with Crippen LogP contribution in [0.25, 0.3) is 20.4 Å². The van der Waals surface area contributed by atoms with E-state index in [2.05, 4.69) is 20.6 Å². The van der Waals surface area contributed by atoms with Gasteiger partial charge in [0.1, 0.15) is 11.6 Å². The molecule has 3 heterocycles. The number of rotatable bonds is 4. The van der Waals surface area contributed by atoms with Crippen LogP contribution in [-0.2, 0) is 0 Å². The van der Waals surface area contributed by atoms with E-state index in [1.165, 1.54) is 36.4 Å². The fourth-order valence-corrected chi connectivity index (χ4v) is 5.37. The summed E-state index contributed by atoms with van der Waals surface area (Å²) in [6.07, 6.45) is 0. The summed E-state index contributed by atoms with van der Waals surface area (Å²) in [7, 11) is 0. The minimum Gasteiger partial charge on any atom is -0.297 e. The molecule has 0 atom stereocenters. The Morgan fingerprint density at radius 3 is 1.58 bits per heavy atom. The molecule has 6 nitrogen and oxygen atoms in total. The standard InChI is InChI=1S/C20H10F2N4O2S3/c21-9-1-3-11-15(7-9)30-19(23-11)25-17(27)13-5-6-14(29-13)18(28)26-20-24-12-4-2-10(22)8-16(12)31-20/h1-8H,(H,23,25,27)(H,24,26,28). The van der Waals surface area contributed by atoms with Gasteiger partial charge in [-0.3, -0.25) is 20.2 Å². The second-order valence-electron chi connectivity index (χ2n) is 6.33. The fourth-order valence-electron chi connectivity index (χ4n) is 2.80. The third kappa shape index (κ3) is 4.02. The van der Waals surface area contributed by atoms with E-state index in [0.717, 1.165) is 34.0 Å². The number of aromatic nitrogens is 2. The van der Waals surface area contributed by atoms with Crippen LogP contribution in [0.2, 0.25) is 0 Å². The number of halogens is 2. The van der Waals surface area contributed by atoms with Crippen molar-refractivity contribution in [1.29, 1.82) is 0 Å². The van der Waals surface area contributed by atoms with Crippen LogP contribution in [0, 0.1) is 11.6 Å². The smallest absolute Gasteiger partial charge is 0.267 e. The van der Waals surface area contributed by atoms with Gasteiger partial charge in [-0.15, -0.1) is 11.3 Å².